The number of nitrogens with one attached hydrogen (secondary N) is 1. The van der Waals surface area contributed by atoms with Gasteiger partial charge in [-0.2, -0.15) is 10.1 Å². The molecule has 9 nitrogen and oxygen atoms in total. The van der Waals surface area contributed by atoms with E-state index >= 15 is 0 Å². The highest BCUT2D eigenvalue weighted by molar-refractivity contribution is 7.98. The van der Waals surface area contributed by atoms with E-state index in [-0.39, 0.29) is 24.2 Å². The summed E-state index contributed by atoms with van der Waals surface area (Å²) in [7, 11) is 1.59. The largest absolute Gasteiger partial charge is 0.497 e. The molecule has 2 heterocycles. The minimum atomic E-state index is -0.269. The summed E-state index contributed by atoms with van der Waals surface area (Å²) >= 11 is 1.38. The molecule has 0 saturated carbocycles. The van der Waals surface area contributed by atoms with Crippen molar-refractivity contribution in [3.63, 3.8) is 0 Å². The number of benzene rings is 2. The first-order valence-corrected chi connectivity index (χ1v) is 11.0. The summed E-state index contributed by atoms with van der Waals surface area (Å²) in [5, 5.41) is 12.0. The Labute approximate surface area is 189 Å². The fraction of sp³-hybridized carbons (Fsp3) is 0.182. The van der Waals surface area contributed by atoms with Crippen molar-refractivity contribution in [2.24, 2.45) is 0 Å². The minimum Gasteiger partial charge on any atom is -0.497 e. The average Bonchev–Trinajstić information content (AvgIpc) is 3.39. The monoisotopic (exact) mass is 450 g/mol. The van der Waals surface area contributed by atoms with E-state index in [0.29, 0.717) is 27.9 Å². The number of carbonyl (C=O) groups is 1. The Morgan fingerprint density at radius 3 is 2.72 bits per heavy atom. The van der Waals surface area contributed by atoms with Gasteiger partial charge < -0.3 is 20.3 Å². The molecule has 0 saturated heterocycles. The maximum Gasteiger partial charge on any atom is 0.264 e. The third-order valence-electron chi connectivity index (χ3n) is 4.74. The van der Waals surface area contributed by atoms with E-state index in [4.69, 9.17) is 15.0 Å². The Bertz CT molecular complexity index is 1250. The number of hydrogen-bond donors (Lipinski definition) is 2. The van der Waals surface area contributed by atoms with Crippen molar-refractivity contribution in [2.75, 3.05) is 24.4 Å². The van der Waals surface area contributed by atoms with Gasteiger partial charge in [-0.1, -0.05) is 28.9 Å². The number of nitrogen functional groups attached to an aromatic ring is 1. The Morgan fingerprint density at radius 1 is 1.25 bits per heavy atom. The van der Waals surface area contributed by atoms with Crippen molar-refractivity contribution in [1.29, 1.82) is 0 Å². The highest BCUT2D eigenvalue weighted by Crippen LogP contribution is 2.35. The van der Waals surface area contributed by atoms with E-state index in [1.54, 1.807) is 31.4 Å². The molecule has 0 atom stereocenters. The van der Waals surface area contributed by atoms with Crippen LogP contribution in [0.2, 0.25) is 0 Å². The Balaban J connectivity index is 1.56. The number of anilines is 2. The molecule has 0 fully saturated rings. The summed E-state index contributed by atoms with van der Waals surface area (Å²) in [5.41, 5.74) is 9.42. The number of amides is 1. The number of nitrogens with two attached hydrogens (primary N) is 1. The van der Waals surface area contributed by atoms with Gasteiger partial charge in [0.2, 0.25) is 11.7 Å². The van der Waals surface area contributed by atoms with Gasteiger partial charge in [-0.3, -0.25) is 4.79 Å². The number of carbonyl (C=O) groups excluding carboxylic acids is 1. The number of aryl methyl sites for hydroxylation is 1. The second-order valence-electron chi connectivity index (χ2n) is 7.00. The molecule has 2 aromatic heterocycles. The van der Waals surface area contributed by atoms with Gasteiger partial charge in [0.05, 0.1) is 7.11 Å². The summed E-state index contributed by atoms with van der Waals surface area (Å²) in [6, 6.07) is 14.9. The van der Waals surface area contributed by atoms with Gasteiger partial charge >= 0.3 is 0 Å². The number of hydrogen-bond acceptors (Lipinski definition) is 8. The van der Waals surface area contributed by atoms with Crippen LogP contribution in [0.15, 0.2) is 58.1 Å². The van der Waals surface area contributed by atoms with Crippen molar-refractivity contribution in [1.82, 2.24) is 19.9 Å². The molecule has 32 heavy (non-hydrogen) atoms. The lowest BCUT2D eigenvalue weighted by atomic mass is 10.1. The number of methoxy groups -OCH3 is 1. The van der Waals surface area contributed by atoms with E-state index in [9.17, 15) is 4.79 Å². The lowest BCUT2D eigenvalue weighted by Crippen LogP contribution is -2.20. The molecular weight excluding hydrogens is 428 g/mol. The molecule has 0 spiro atoms. The van der Waals surface area contributed by atoms with Gasteiger partial charge in [0, 0.05) is 11.3 Å². The molecule has 0 aliphatic rings. The van der Waals surface area contributed by atoms with E-state index in [1.165, 1.54) is 16.4 Å². The summed E-state index contributed by atoms with van der Waals surface area (Å²) < 4.78 is 12.0. The lowest BCUT2D eigenvalue weighted by Gasteiger charge is -2.07. The Morgan fingerprint density at radius 2 is 2.03 bits per heavy atom. The quantitative estimate of drug-likeness (QED) is 0.407. The van der Waals surface area contributed by atoms with Crippen molar-refractivity contribution in [3.05, 3.63) is 54.1 Å². The Hall–Kier alpha value is -3.79. The molecule has 0 aliphatic heterocycles. The third kappa shape index (κ3) is 4.45. The first-order chi connectivity index (χ1) is 15.5. The third-order valence-corrected chi connectivity index (χ3v) is 5.41. The number of ether oxygens (including phenoxy) is 1. The van der Waals surface area contributed by atoms with Crippen LogP contribution >= 0.6 is 11.8 Å². The van der Waals surface area contributed by atoms with Crippen LogP contribution in [0.1, 0.15) is 5.56 Å². The van der Waals surface area contributed by atoms with Gasteiger partial charge in [-0.15, -0.1) is 11.8 Å². The molecule has 4 aromatic rings. The standard InChI is InChI=1S/C22H22N6O3S/c1-13-5-4-6-14(11-13)20-25-21(31-27-20)18-19(23)28(26-22(18)32-3)12-17(29)24-15-7-9-16(30-2)10-8-15/h4-11H,12,23H2,1-3H3,(H,24,29). The van der Waals surface area contributed by atoms with Gasteiger partial charge in [-0.05, 0) is 43.5 Å². The van der Waals surface area contributed by atoms with Crippen LogP contribution in [-0.2, 0) is 11.3 Å². The number of nitrogens with zero attached hydrogens (tertiary/aromatic N) is 4. The average molecular weight is 451 g/mol. The van der Waals surface area contributed by atoms with Gasteiger partial charge in [0.25, 0.3) is 5.89 Å². The van der Waals surface area contributed by atoms with Crippen LogP contribution in [0, 0.1) is 6.92 Å². The molecular formula is C22H22N6O3S. The highest BCUT2D eigenvalue weighted by atomic mass is 32.2. The van der Waals surface area contributed by atoms with Gasteiger partial charge in [-0.25, -0.2) is 4.68 Å². The van der Waals surface area contributed by atoms with E-state index in [1.807, 2.05) is 37.4 Å². The maximum atomic E-state index is 12.5. The molecule has 10 heteroatoms. The fourth-order valence-electron chi connectivity index (χ4n) is 3.15. The molecule has 4 rings (SSSR count). The zero-order valence-corrected chi connectivity index (χ0v) is 18.6. The normalized spacial score (nSPS) is 10.8. The number of rotatable bonds is 7. The minimum absolute atomic E-state index is 0.0652. The smallest absolute Gasteiger partial charge is 0.264 e. The lowest BCUT2D eigenvalue weighted by molar-refractivity contribution is -0.116. The van der Waals surface area contributed by atoms with Crippen LogP contribution in [0.3, 0.4) is 0 Å². The second-order valence-corrected chi connectivity index (χ2v) is 7.79. The second kappa shape index (κ2) is 9.15. The first-order valence-electron chi connectivity index (χ1n) is 9.73. The van der Waals surface area contributed by atoms with Crippen LogP contribution in [0.25, 0.3) is 22.8 Å². The molecule has 0 aliphatic carbocycles. The first kappa shape index (κ1) is 21.4. The van der Waals surface area contributed by atoms with E-state index in [0.717, 1.165) is 11.1 Å². The SMILES string of the molecule is COc1ccc(NC(=O)Cn2nc(SC)c(-c3nc(-c4cccc(C)c4)no3)c2N)cc1. The van der Waals surface area contributed by atoms with Gasteiger partial charge in [0.1, 0.15) is 28.7 Å². The van der Waals surface area contributed by atoms with Crippen molar-refractivity contribution in [2.45, 2.75) is 18.5 Å². The van der Waals surface area contributed by atoms with E-state index in [2.05, 4.69) is 20.6 Å². The highest BCUT2D eigenvalue weighted by Gasteiger charge is 2.23. The number of aromatic nitrogens is 4. The van der Waals surface area contributed by atoms with E-state index < -0.39 is 0 Å². The van der Waals surface area contributed by atoms with Crippen molar-refractivity contribution in [3.8, 4) is 28.6 Å². The topological polar surface area (TPSA) is 121 Å². The Kier molecular flexibility index (Phi) is 6.13. The molecule has 2 aromatic carbocycles. The van der Waals surface area contributed by atoms with Crippen LogP contribution in [0.5, 0.6) is 5.75 Å². The van der Waals surface area contributed by atoms with Crippen molar-refractivity contribution >= 4 is 29.2 Å². The molecule has 1 amide bonds. The van der Waals surface area contributed by atoms with Crippen molar-refractivity contribution < 1.29 is 14.1 Å². The molecule has 0 radical (unpaired) electrons. The summed E-state index contributed by atoms with van der Waals surface area (Å²) in [4.78, 5) is 17.0. The van der Waals surface area contributed by atoms with Gasteiger partial charge in [0.15, 0.2) is 0 Å². The zero-order chi connectivity index (χ0) is 22.7. The molecule has 164 valence electrons. The predicted octanol–water partition coefficient (Wildman–Crippen LogP) is 3.86. The van der Waals surface area contributed by atoms with Crippen LogP contribution < -0.4 is 15.8 Å². The molecule has 0 unspecified atom stereocenters. The summed E-state index contributed by atoms with van der Waals surface area (Å²) in [5.74, 6) is 1.43. The summed E-state index contributed by atoms with van der Waals surface area (Å²) in [6.45, 7) is 1.93. The maximum absolute atomic E-state index is 12.5. The summed E-state index contributed by atoms with van der Waals surface area (Å²) in [6.07, 6.45) is 1.87. The molecule has 0 bridgehead atoms. The fourth-order valence-corrected chi connectivity index (χ4v) is 3.73. The predicted molar refractivity (Wildman–Crippen MR) is 124 cm³/mol. The number of thioether (sulfide) groups is 1. The van der Waals surface area contributed by atoms with Crippen LogP contribution in [0.4, 0.5) is 11.5 Å². The van der Waals surface area contributed by atoms with Crippen LogP contribution in [-0.4, -0.2) is 39.2 Å². The zero-order valence-electron chi connectivity index (χ0n) is 17.8. The molecule has 3 N–H and O–H groups in total.